The Kier molecular flexibility index (Phi) is 3.19. The van der Waals surface area contributed by atoms with Gasteiger partial charge in [-0.1, -0.05) is 29.8 Å². The molecule has 1 radical (unpaired) electrons. The third kappa shape index (κ3) is 2.59. The van der Waals surface area contributed by atoms with E-state index in [1.54, 1.807) is 18.2 Å². The summed E-state index contributed by atoms with van der Waals surface area (Å²) in [4.78, 5) is 4.16. The summed E-state index contributed by atoms with van der Waals surface area (Å²) in [6.45, 7) is 0. The van der Waals surface area contributed by atoms with Gasteiger partial charge in [0.2, 0.25) is 0 Å². The zero-order chi connectivity index (χ0) is 11.4. The van der Waals surface area contributed by atoms with E-state index in [2.05, 4.69) is 11.1 Å². The van der Waals surface area contributed by atoms with E-state index in [1.807, 2.05) is 30.7 Å². The molecule has 2 aromatic rings. The van der Waals surface area contributed by atoms with E-state index in [0.717, 1.165) is 11.3 Å². The minimum absolute atomic E-state index is 0.474. The van der Waals surface area contributed by atoms with Crippen molar-refractivity contribution in [3.05, 3.63) is 70.9 Å². The van der Waals surface area contributed by atoms with E-state index >= 15 is 0 Å². The minimum atomic E-state index is 0.474. The molecule has 0 amide bonds. The highest BCUT2D eigenvalue weighted by Crippen LogP contribution is 2.13. The highest BCUT2D eigenvalue weighted by molar-refractivity contribution is 6.29. The van der Waals surface area contributed by atoms with Crippen molar-refractivity contribution >= 4 is 11.6 Å². The maximum atomic E-state index is 8.66. The van der Waals surface area contributed by atoms with Gasteiger partial charge < -0.3 is 0 Å². The second kappa shape index (κ2) is 4.78. The lowest BCUT2D eigenvalue weighted by molar-refractivity contribution is 1.22. The van der Waals surface area contributed by atoms with E-state index in [4.69, 9.17) is 16.9 Å². The highest BCUT2D eigenvalue weighted by atomic mass is 35.5. The summed E-state index contributed by atoms with van der Waals surface area (Å²) < 4.78 is 0. The first kappa shape index (κ1) is 10.7. The molecule has 0 bridgehead atoms. The fraction of sp³-hybridized carbons (Fsp3) is 0. The first-order valence-corrected chi connectivity index (χ1v) is 5.13. The Balaban J connectivity index is 2.18. The second-order valence-corrected chi connectivity index (χ2v) is 3.65. The van der Waals surface area contributed by atoms with Gasteiger partial charge in [0.05, 0.1) is 17.3 Å². The standard InChI is InChI=1S/C13H8ClN2/c14-13-3-1-2-12(16-13)8-10-4-6-11(9-15)7-5-10/h1-8H. The molecule has 1 aromatic carbocycles. The van der Waals surface area contributed by atoms with Crippen LogP contribution in [-0.2, 0) is 0 Å². The van der Waals surface area contributed by atoms with Crippen LogP contribution in [0.2, 0.25) is 5.15 Å². The van der Waals surface area contributed by atoms with Crippen molar-refractivity contribution in [2.75, 3.05) is 0 Å². The molecule has 77 valence electrons. The van der Waals surface area contributed by atoms with Gasteiger partial charge in [-0.15, -0.1) is 0 Å². The van der Waals surface area contributed by atoms with Gasteiger partial charge in [-0.3, -0.25) is 0 Å². The average Bonchev–Trinajstić information content (AvgIpc) is 2.30. The first-order valence-electron chi connectivity index (χ1n) is 4.75. The molecule has 1 aromatic heterocycles. The Morgan fingerprint density at radius 2 is 1.88 bits per heavy atom. The number of rotatable bonds is 2. The van der Waals surface area contributed by atoms with Crippen molar-refractivity contribution in [3.8, 4) is 6.07 Å². The summed E-state index contributed by atoms with van der Waals surface area (Å²) in [5.41, 5.74) is 2.45. The molecule has 0 unspecified atom stereocenters. The maximum absolute atomic E-state index is 8.66. The molecular weight excluding hydrogens is 220 g/mol. The molecule has 0 aliphatic carbocycles. The van der Waals surface area contributed by atoms with Crippen LogP contribution in [0.5, 0.6) is 0 Å². The van der Waals surface area contributed by atoms with Crippen LogP contribution in [-0.4, -0.2) is 4.98 Å². The van der Waals surface area contributed by atoms with Gasteiger partial charge in [-0.05, 0) is 29.8 Å². The SMILES string of the molecule is N#Cc1ccc([CH]c2cccc(Cl)n2)cc1. The molecule has 0 saturated carbocycles. The molecule has 0 aliphatic rings. The van der Waals surface area contributed by atoms with Crippen LogP contribution in [0.3, 0.4) is 0 Å². The number of benzene rings is 1. The van der Waals surface area contributed by atoms with Gasteiger partial charge in [0.15, 0.2) is 0 Å². The number of aromatic nitrogens is 1. The molecule has 0 N–H and O–H groups in total. The molecule has 0 aliphatic heterocycles. The van der Waals surface area contributed by atoms with Crippen molar-refractivity contribution in [2.24, 2.45) is 0 Å². The smallest absolute Gasteiger partial charge is 0.129 e. The molecule has 0 atom stereocenters. The fourth-order valence-electron chi connectivity index (χ4n) is 1.33. The lowest BCUT2D eigenvalue weighted by Crippen LogP contribution is -1.89. The van der Waals surface area contributed by atoms with E-state index in [1.165, 1.54) is 0 Å². The van der Waals surface area contributed by atoms with Crippen molar-refractivity contribution < 1.29 is 0 Å². The number of hydrogen-bond acceptors (Lipinski definition) is 2. The van der Waals surface area contributed by atoms with Gasteiger partial charge in [0.1, 0.15) is 5.15 Å². The van der Waals surface area contributed by atoms with Gasteiger partial charge in [-0.25, -0.2) is 4.98 Å². The van der Waals surface area contributed by atoms with Crippen LogP contribution < -0.4 is 0 Å². The largest absolute Gasteiger partial charge is 0.240 e. The first-order chi connectivity index (χ1) is 7.78. The van der Waals surface area contributed by atoms with E-state index in [0.29, 0.717) is 10.7 Å². The van der Waals surface area contributed by atoms with E-state index < -0.39 is 0 Å². The van der Waals surface area contributed by atoms with Crippen molar-refractivity contribution in [1.29, 1.82) is 5.26 Å². The minimum Gasteiger partial charge on any atom is -0.240 e. The third-order valence-corrected chi connectivity index (χ3v) is 2.30. The molecule has 2 rings (SSSR count). The number of halogens is 1. The number of nitriles is 1. The Morgan fingerprint density at radius 1 is 1.12 bits per heavy atom. The van der Waals surface area contributed by atoms with Crippen LogP contribution in [0.25, 0.3) is 0 Å². The second-order valence-electron chi connectivity index (χ2n) is 3.26. The van der Waals surface area contributed by atoms with Crippen LogP contribution in [0.15, 0.2) is 42.5 Å². The summed E-state index contributed by atoms with van der Waals surface area (Å²) >= 11 is 5.78. The third-order valence-electron chi connectivity index (χ3n) is 2.09. The molecule has 2 nitrogen and oxygen atoms in total. The number of nitrogens with zero attached hydrogens (tertiary/aromatic N) is 2. The highest BCUT2D eigenvalue weighted by Gasteiger charge is 1.99. The van der Waals surface area contributed by atoms with Gasteiger partial charge in [0.25, 0.3) is 0 Å². The molecule has 0 fully saturated rings. The zero-order valence-corrected chi connectivity index (χ0v) is 9.15. The topological polar surface area (TPSA) is 36.7 Å². The van der Waals surface area contributed by atoms with Gasteiger partial charge in [0, 0.05) is 6.42 Å². The maximum Gasteiger partial charge on any atom is 0.129 e. The Hall–Kier alpha value is -1.85. The quantitative estimate of drug-likeness (QED) is 0.739. The Morgan fingerprint density at radius 3 is 2.50 bits per heavy atom. The predicted molar refractivity (Wildman–Crippen MR) is 62.9 cm³/mol. The molecule has 16 heavy (non-hydrogen) atoms. The van der Waals surface area contributed by atoms with E-state index in [-0.39, 0.29) is 0 Å². The monoisotopic (exact) mass is 227 g/mol. The van der Waals surface area contributed by atoms with Crippen LogP contribution in [0.4, 0.5) is 0 Å². The zero-order valence-electron chi connectivity index (χ0n) is 8.39. The molecular formula is C13H8ClN2. The Labute approximate surface area is 99.1 Å². The fourth-order valence-corrected chi connectivity index (χ4v) is 1.50. The lowest BCUT2D eigenvalue weighted by atomic mass is 10.1. The van der Waals surface area contributed by atoms with Gasteiger partial charge in [-0.2, -0.15) is 5.26 Å². The van der Waals surface area contributed by atoms with Crippen molar-refractivity contribution in [1.82, 2.24) is 4.98 Å². The number of pyridine rings is 1. The van der Waals surface area contributed by atoms with Crippen LogP contribution >= 0.6 is 11.6 Å². The summed E-state index contributed by atoms with van der Waals surface area (Å²) in [5.74, 6) is 0. The van der Waals surface area contributed by atoms with Crippen LogP contribution in [0.1, 0.15) is 16.8 Å². The number of hydrogen-bond donors (Lipinski definition) is 0. The molecule has 1 heterocycles. The summed E-state index contributed by atoms with van der Waals surface area (Å²) in [6.07, 6.45) is 1.91. The Bertz CT molecular complexity index is 526. The lowest BCUT2D eigenvalue weighted by Gasteiger charge is -2.00. The average molecular weight is 228 g/mol. The molecule has 0 spiro atoms. The summed E-state index contributed by atoms with van der Waals surface area (Å²) in [7, 11) is 0. The normalized spacial score (nSPS) is 9.75. The molecule has 0 saturated heterocycles. The molecule has 3 heteroatoms. The van der Waals surface area contributed by atoms with Crippen molar-refractivity contribution in [3.63, 3.8) is 0 Å². The predicted octanol–water partition coefficient (Wildman–Crippen LogP) is 3.21. The summed E-state index contributed by atoms with van der Waals surface area (Å²) in [5, 5.41) is 9.14. The summed E-state index contributed by atoms with van der Waals surface area (Å²) in [6, 6.07) is 14.8. The van der Waals surface area contributed by atoms with E-state index in [9.17, 15) is 0 Å². The van der Waals surface area contributed by atoms with Crippen LogP contribution in [0, 0.1) is 17.8 Å². The van der Waals surface area contributed by atoms with Gasteiger partial charge >= 0.3 is 0 Å². The van der Waals surface area contributed by atoms with Crippen molar-refractivity contribution in [2.45, 2.75) is 0 Å².